The molecule has 2 saturated carbocycles. The lowest BCUT2D eigenvalue weighted by molar-refractivity contribution is 0.0676. The van der Waals surface area contributed by atoms with Gasteiger partial charge in [0.15, 0.2) is 0 Å². The minimum atomic E-state index is -0.0888. The van der Waals surface area contributed by atoms with Crippen LogP contribution in [0, 0.1) is 18.8 Å². The number of aryl methyl sites for hydroxylation is 1. The zero-order valence-electron chi connectivity index (χ0n) is 12.5. The third-order valence-electron chi connectivity index (χ3n) is 5.00. The van der Waals surface area contributed by atoms with Gasteiger partial charge in [-0.05, 0) is 50.0 Å². The monoisotopic (exact) mass is 273 g/mol. The van der Waals surface area contributed by atoms with E-state index in [-0.39, 0.29) is 6.10 Å². The number of hydrogen-bond acceptors (Lipinski definition) is 2. The van der Waals surface area contributed by atoms with Crippen LogP contribution in [0.25, 0.3) is 0 Å². The summed E-state index contributed by atoms with van der Waals surface area (Å²) in [5, 5.41) is 13.9. The van der Waals surface area contributed by atoms with Crippen molar-refractivity contribution in [1.29, 1.82) is 0 Å². The SMILES string of the molecule is Cc1ccc(C(NCC2CCCCC2O)C2CC2)cc1. The summed E-state index contributed by atoms with van der Waals surface area (Å²) in [5.74, 6) is 1.26. The number of nitrogens with one attached hydrogen (secondary N) is 1. The minimum absolute atomic E-state index is 0.0888. The first-order chi connectivity index (χ1) is 9.74. The van der Waals surface area contributed by atoms with Gasteiger partial charge in [-0.25, -0.2) is 0 Å². The Balaban J connectivity index is 1.61. The van der Waals surface area contributed by atoms with Gasteiger partial charge < -0.3 is 10.4 Å². The molecule has 3 unspecified atom stereocenters. The average Bonchev–Trinajstić information content (AvgIpc) is 3.27. The number of aliphatic hydroxyl groups excluding tert-OH is 1. The molecule has 1 aromatic carbocycles. The maximum Gasteiger partial charge on any atom is 0.0580 e. The third kappa shape index (κ3) is 3.42. The highest BCUT2D eigenvalue weighted by Crippen LogP contribution is 2.41. The summed E-state index contributed by atoms with van der Waals surface area (Å²) in [6.07, 6.45) is 7.25. The summed E-state index contributed by atoms with van der Waals surface area (Å²) < 4.78 is 0. The normalized spacial score (nSPS) is 28.3. The molecule has 2 aliphatic rings. The Hall–Kier alpha value is -0.860. The maximum atomic E-state index is 10.1. The molecule has 0 aliphatic heterocycles. The predicted octanol–water partition coefficient (Wildman–Crippen LogP) is 3.59. The summed E-state index contributed by atoms with van der Waals surface area (Å²) in [7, 11) is 0. The molecule has 0 spiro atoms. The van der Waals surface area contributed by atoms with Crippen LogP contribution in [-0.4, -0.2) is 17.8 Å². The van der Waals surface area contributed by atoms with Gasteiger partial charge in [0.25, 0.3) is 0 Å². The molecule has 2 fully saturated rings. The van der Waals surface area contributed by atoms with E-state index in [1.54, 1.807) is 0 Å². The van der Waals surface area contributed by atoms with E-state index in [2.05, 4.69) is 36.5 Å². The smallest absolute Gasteiger partial charge is 0.0580 e. The number of hydrogen-bond donors (Lipinski definition) is 2. The van der Waals surface area contributed by atoms with E-state index in [0.717, 1.165) is 18.9 Å². The molecule has 0 bridgehead atoms. The Kier molecular flexibility index (Phi) is 4.42. The first-order valence-corrected chi connectivity index (χ1v) is 8.22. The predicted molar refractivity (Wildman–Crippen MR) is 82.6 cm³/mol. The van der Waals surface area contributed by atoms with E-state index in [1.165, 1.54) is 43.2 Å². The van der Waals surface area contributed by atoms with Gasteiger partial charge in [0.05, 0.1) is 6.10 Å². The topological polar surface area (TPSA) is 32.3 Å². The maximum absolute atomic E-state index is 10.1. The number of benzene rings is 1. The van der Waals surface area contributed by atoms with Gasteiger partial charge in [-0.2, -0.15) is 0 Å². The van der Waals surface area contributed by atoms with Crippen LogP contribution in [0.3, 0.4) is 0 Å². The van der Waals surface area contributed by atoms with Crippen molar-refractivity contribution in [3.05, 3.63) is 35.4 Å². The second-order valence-corrected chi connectivity index (χ2v) is 6.75. The molecule has 0 amide bonds. The van der Waals surface area contributed by atoms with E-state index in [1.807, 2.05) is 0 Å². The molecule has 2 N–H and O–H groups in total. The van der Waals surface area contributed by atoms with Crippen LogP contribution in [0.1, 0.15) is 55.7 Å². The largest absolute Gasteiger partial charge is 0.393 e. The fourth-order valence-electron chi connectivity index (χ4n) is 3.46. The van der Waals surface area contributed by atoms with E-state index < -0.39 is 0 Å². The van der Waals surface area contributed by atoms with Crippen molar-refractivity contribution in [1.82, 2.24) is 5.32 Å². The Morgan fingerprint density at radius 3 is 2.45 bits per heavy atom. The highest BCUT2D eigenvalue weighted by Gasteiger charge is 2.33. The zero-order valence-corrected chi connectivity index (χ0v) is 12.5. The first kappa shape index (κ1) is 14.1. The second kappa shape index (κ2) is 6.28. The van der Waals surface area contributed by atoms with E-state index in [0.29, 0.717) is 12.0 Å². The van der Waals surface area contributed by atoms with Crippen LogP contribution >= 0.6 is 0 Å². The van der Waals surface area contributed by atoms with Crippen LogP contribution in [0.15, 0.2) is 24.3 Å². The van der Waals surface area contributed by atoms with Crippen molar-refractivity contribution >= 4 is 0 Å². The molecule has 0 saturated heterocycles. The lowest BCUT2D eigenvalue weighted by atomic mass is 9.86. The molecule has 20 heavy (non-hydrogen) atoms. The Labute approximate surface area is 122 Å². The summed E-state index contributed by atoms with van der Waals surface area (Å²) in [4.78, 5) is 0. The Morgan fingerprint density at radius 1 is 1.10 bits per heavy atom. The van der Waals surface area contributed by atoms with Gasteiger partial charge in [0.2, 0.25) is 0 Å². The lowest BCUT2D eigenvalue weighted by Crippen LogP contribution is -2.36. The molecule has 3 rings (SSSR count). The van der Waals surface area contributed by atoms with Gasteiger partial charge in [-0.3, -0.25) is 0 Å². The van der Waals surface area contributed by atoms with Gasteiger partial charge in [0, 0.05) is 12.6 Å². The van der Waals surface area contributed by atoms with Crippen molar-refractivity contribution < 1.29 is 5.11 Å². The molecule has 3 atom stereocenters. The van der Waals surface area contributed by atoms with Gasteiger partial charge in [-0.15, -0.1) is 0 Å². The second-order valence-electron chi connectivity index (χ2n) is 6.75. The summed E-state index contributed by atoms with van der Waals surface area (Å²) in [5.41, 5.74) is 2.74. The van der Waals surface area contributed by atoms with E-state index in [9.17, 15) is 5.11 Å². The van der Waals surface area contributed by atoms with Crippen LogP contribution in [0.4, 0.5) is 0 Å². The molecule has 2 heteroatoms. The summed E-state index contributed by atoms with van der Waals surface area (Å²) in [6.45, 7) is 3.11. The fourth-order valence-corrected chi connectivity index (χ4v) is 3.46. The van der Waals surface area contributed by atoms with Gasteiger partial charge >= 0.3 is 0 Å². The fraction of sp³-hybridized carbons (Fsp3) is 0.667. The number of aliphatic hydroxyl groups is 1. The standard InChI is InChI=1S/C18H27NO/c1-13-6-8-14(9-7-13)18(15-10-11-15)19-12-16-4-2-3-5-17(16)20/h6-9,15-20H,2-5,10-12H2,1H3. The quantitative estimate of drug-likeness (QED) is 0.859. The van der Waals surface area contributed by atoms with Crippen molar-refractivity contribution in [2.45, 2.75) is 57.6 Å². The summed E-state index contributed by atoms with van der Waals surface area (Å²) >= 11 is 0. The molecular formula is C18H27NO. The molecule has 0 heterocycles. The molecule has 2 nitrogen and oxygen atoms in total. The average molecular weight is 273 g/mol. The Morgan fingerprint density at radius 2 is 1.80 bits per heavy atom. The highest BCUT2D eigenvalue weighted by atomic mass is 16.3. The lowest BCUT2D eigenvalue weighted by Gasteiger charge is -2.30. The molecule has 110 valence electrons. The molecule has 0 aromatic heterocycles. The first-order valence-electron chi connectivity index (χ1n) is 8.22. The Bertz CT molecular complexity index is 424. The zero-order chi connectivity index (χ0) is 13.9. The van der Waals surface area contributed by atoms with Crippen molar-refractivity contribution in [2.75, 3.05) is 6.54 Å². The van der Waals surface area contributed by atoms with Crippen LogP contribution < -0.4 is 5.32 Å². The van der Waals surface area contributed by atoms with Crippen molar-refractivity contribution in [2.24, 2.45) is 11.8 Å². The molecule has 1 aromatic rings. The van der Waals surface area contributed by atoms with Gasteiger partial charge in [0.1, 0.15) is 0 Å². The molecular weight excluding hydrogens is 246 g/mol. The highest BCUT2D eigenvalue weighted by molar-refractivity contribution is 5.25. The van der Waals surface area contributed by atoms with Crippen LogP contribution in [-0.2, 0) is 0 Å². The number of rotatable bonds is 5. The van der Waals surface area contributed by atoms with Gasteiger partial charge in [-0.1, -0.05) is 42.7 Å². The molecule has 2 aliphatic carbocycles. The van der Waals surface area contributed by atoms with E-state index >= 15 is 0 Å². The van der Waals surface area contributed by atoms with Crippen LogP contribution in [0.2, 0.25) is 0 Å². The van der Waals surface area contributed by atoms with Crippen molar-refractivity contribution in [3.63, 3.8) is 0 Å². The molecule has 0 radical (unpaired) electrons. The van der Waals surface area contributed by atoms with Crippen LogP contribution in [0.5, 0.6) is 0 Å². The third-order valence-corrected chi connectivity index (χ3v) is 5.00. The van der Waals surface area contributed by atoms with Crippen molar-refractivity contribution in [3.8, 4) is 0 Å². The summed E-state index contributed by atoms with van der Waals surface area (Å²) in [6, 6.07) is 9.44. The van der Waals surface area contributed by atoms with E-state index in [4.69, 9.17) is 0 Å². The minimum Gasteiger partial charge on any atom is -0.393 e.